The van der Waals surface area contributed by atoms with Gasteiger partial charge in [-0.3, -0.25) is 0 Å². The predicted molar refractivity (Wildman–Crippen MR) is 51.7 cm³/mol. The molecular formula is C10H10N2O. The van der Waals surface area contributed by atoms with Crippen molar-refractivity contribution < 1.29 is 5.11 Å². The number of nitriles is 1. The Labute approximate surface area is 76.7 Å². The van der Waals surface area contributed by atoms with Crippen LogP contribution in [-0.2, 0) is 0 Å². The molecule has 0 saturated carbocycles. The maximum absolute atomic E-state index is 8.61. The predicted octanol–water partition coefficient (Wildman–Crippen LogP) is 1.15. The maximum Gasteiger partial charge on any atom is 0.0991 e. The van der Waals surface area contributed by atoms with Gasteiger partial charge in [0.2, 0.25) is 0 Å². The quantitative estimate of drug-likeness (QED) is 0.660. The lowest BCUT2D eigenvalue weighted by atomic mass is 10.1. The van der Waals surface area contributed by atoms with E-state index >= 15 is 0 Å². The molecule has 3 nitrogen and oxygen atoms in total. The molecule has 13 heavy (non-hydrogen) atoms. The number of hydrogen-bond donors (Lipinski definition) is 2. The van der Waals surface area contributed by atoms with Gasteiger partial charge < -0.3 is 10.8 Å². The van der Waals surface area contributed by atoms with Gasteiger partial charge in [0.15, 0.2) is 0 Å². The average Bonchev–Trinajstić information content (AvgIpc) is 2.17. The molecule has 0 aliphatic carbocycles. The summed E-state index contributed by atoms with van der Waals surface area (Å²) in [4.78, 5) is 0. The summed E-state index contributed by atoms with van der Waals surface area (Å²) in [6, 6.07) is 7.04. The third kappa shape index (κ3) is 2.32. The van der Waals surface area contributed by atoms with Crippen molar-refractivity contribution in [3.63, 3.8) is 0 Å². The van der Waals surface area contributed by atoms with E-state index in [2.05, 4.69) is 0 Å². The molecule has 0 saturated heterocycles. The Hall–Kier alpha value is -1.79. The molecule has 1 rings (SSSR count). The highest BCUT2D eigenvalue weighted by Gasteiger charge is 1.96. The Balaban J connectivity index is 3.06. The van der Waals surface area contributed by atoms with Gasteiger partial charge in [-0.25, -0.2) is 0 Å². The summed E-state index contributed by atoms with van der Waals surface area (Å²) in [6.45, 7) is -0.0315. The molecule has 66 valence electrons. The second-order valence-corrected chi connectivity index (χ2v) is 2.54. The van der Waals surface area contributed by atoms with Crippen LogP contribution in [0, 0.1) is 11.3 Å². The van der Waals surface area contributed by atoms with Crippen molar-refractivity contribution in [2.24, 2.45) is 0 Å². The number of aliphatic hydroxyl groups is 1. The van der Waals surface area contributed by atoms with Crippen LogP contribution >= 0.6 is 0 Å². The smallest absolute Gasteiger partial charge is 0.0991 e. The van der Waals surface area contributed by atoms with Gasteiger partial charge in [-0.2, -0.15) is 5.26 Å². The normalized spacial score (nSPS) is 10.2. The van der Waals surface area contributed by atoms with Gasteiger partial charge in [-0.1, -0.05) is 12.2 Å². The first-order valence-corrected chi connectivity index (χ1v) is 3.85. The standard InChI is InChI=1S/C10H10N2O/c11-7-8-3-4-10(12)9(6-8)2-1-5-13/h1-4,6,13H,5,12H2. The average molecular weight is 174 g/mol. The van der Waals surface area contributed by atoms with Crippen molar-refractivity contribution in [2.45, 2.75) is 0 Å². The largest absolute Gasteiger partial charge is 0.398 e. The zero-order valence-corrected chi connectivity index (χ0v) is 7.07. The van der Waals surface area contributed by atoms with Gasteiger partial charge in [-0.05, 0) is 23.8 Å². The third-order valence-electron chi connectivity index (χ3n) is 1.62. The van der Waals surface area contributed by atoms with Crippen LogP contribution in [0.25, 0.3) is 6.08 Å². The number of nitrogens with zero attached hydrogens (tertiary/aromatic N) is 1. The van der Waals surface area contributed by atoms with Gasteiger partial charge in [0.05, 0.1) is 18.2 Å². The Kier molecular flexibility index (Phi) is 3.07. The molecule has 0 radical (unpaired) electrons. The summed E-state index contributed by atoms with van der Waals surface area (Å²) in [5.74, 6) is 0. The highest BCUT2D eigenvalue weighted by atomic mass is 16.2. The van der Waals surface area contributed by atoms with Crippen LogP contribution in [0.4, 0.5) is 5.69 Å². The number of benzene rings is 1. The van der Waals surface area contributed by atoms with E-state index in [1.165, 1.54) is 0 Å². The summed E-state index contributed by atoms with van der Waals surface area (Å²) in [5, 5.41) is 17.2. The highest BCUT2D eigenvalue weighted by molar-refractivity contribution is 5.66. The molecule has 0 unspecified atom stereocenters. The van der Waals surface area contributed by atoms with E-state index in [0.29, 0.717) is 11.3 Å². The molecule has 0 spiro atoms. The van der Waals surface area contributed by atoms with Crippen molar-refractivity contribution in [1.82, 2.24) is 0 Å². The first-order chi connectivity index (χ1) is 6.27. The minimum atomic E-state index is -0.0315. The number of nitrogen functional groups attached to an aromatic ring is 1. The monoisotopic (exact) mass is 174 g/mol. The molecule has 1 aromatic rings. The van der Waals surface area contributed by atoms with Gasteiger partial charge in [-0.15, -0.1) is 0 Å². The SMILES string of the molecule is N#Cc1ccc(N)c(C=CCO)c1. The first kappa shape index (κ1) is 9.30. The summed E-state index contributed by atoms with van der Waals surface area (Å²) >= 11 is 0. The van der Waals surface area contributed by atoms with Crippen LogP contribution in [0.2, 0.25) is 0 Å². The van der Waals surface area contributed by atoms with Gasteiger partial charge in [0, 0.05) is 5.69 Å². The molecule has 0 heterocycles. The lowest BCUT2D eigenvalue weighted by Gasteiger charge is -1.99. The van der Waals surface area contributed by atoms with Crippen LogP contribution in [-0.4, -0.2) is 11.7 Å². The fraction of sp³-hybridized carbons (Fsp3) is 0.100. The number of anilines is 1. The minimum Gasteiger partial charge on any atom is -0.398 e. The first-order valence-electron chi connectivity index (χ1n) is 3.85. The van der Waals surface area contributed by atoms with E-state index in [1.807, 2.05) is 6.07 Å². The van der Waals surface area contributed by atoms with Gasteiger partial charge in [0.25, 0.3) is 0 Å². The van der Waals surface area contributed by atoms with E-state index in [1.54, 1.807) is 30.4 Å². The second-order valence-electron chi connectivity index (χ2n) is 2.54. The summed E-state index contributed by atoms with van der Waals surface area (Å²) < 4.78 is 0. The topological polar surface area (TPSA) is 70.0 Å². The molecule has 0 fully saturated rings. The Morgan fingerprint density at radius 2 is 2.31 bits per heavy atom. The van der Waals surface area contributed by atoms with E-state index in [4.69, 9.17) is 16.1 Å². The number of aliphatic hydroxyl groups excluding tert-OH is 1. The Morgan fingerprint density at radius 1 is 1.54 bits per heavy atom. The molecule has 0 aliphatic heterocycles. The molecule has 3 N–H and O–H groups in total. The zero-order valence-electron chi connectivity index (χ0n) is 7.07. The zero-order chi connectivity index (χ0) is 9.68. The fourth-order valence-corrected chi connectivity index (χ4v) is 0.968. The summed E-state index contributed by atoms with van der Waals surface area (Å²) in [7, 11) is 0. The molecular weight excluding hydrogens is 164 g/mol. The molecule has 0 atom stereocenters. The van der Waals surface area contributed by atoms with Crippen LogP contribution < -0.4 is 5.73 Å². The number of rotatable bonds is 2. The van der Waals surface area contributed by atoms with Crippen molar-refractivity contribution in [3.8, 4) is 6.07 Å². The Morgan fingerprint density at radius 3 is 2.92 bits per heavy atom. The lowest BCUT2D eigenvalue weighted by Crippen LogP contribution is -1.90. The van der Waals surface area contributed by atoms with Gasteiger partial charge >= 0.3 is 0 Å². The fourth-order valence-electron chi connectivity index (χ4n) is 0.968. The highest BCUT2D eigenvalue weighted by Crippen LogP contribution is 2.15. The van der Waals surface area contributed by atoms with Crippen molar-refractivity contribution >= 4 is 11.8 Å². The van der Waals surface area contributed by atoms with Gasteiger partial charge in [0.1, 0.15) is 0 Å². The van der Waals surface area contributed by atoms with E-state index in [0.717, 1.165) is 5.56 Å². The Bertz CT molecular complexity index is 364. The van der Waals surface area contributed by atoms with Crippen LogP contribution in [0.3, 0.4) is 0 Å². The molecule has 3 heteroatoms. The van der Waals surface area contributed by atoms with Crippen LogP contribution in [0.15, 0.2) is 24.3 Å². The molecule has 0 aliphatic rings. The van der Waals surface area contributed by atoms with Crippen LogP contribution in [0.1, 0.15) is 11.1 Å². The summed E-state index contributed by atoms with van der Waals surface area (Å²) in [5.41, 5.74) is 7.56. The van der Waals surface area contributed by atoms with Crippen molar-refractivity contribution in [2.75, 3.05) is 12.3 Å². The second kappa shape index (κ2) is 4.29. The maximum atomic E-state index is 8.61. The van der Waals surface area contributed by atoms with Crippen molar-refractivity contribution in [1.29, 1.82) is 5.26 Å². The molecule has 0 amide bonds. The van der Waals surface area contributed by atoms with E-state index in [9.17, 15) is 0 Å². The minimum absolute atomic E-state index is 0.0315. The van der Waals surface area contributed by atoms with Crippen molar-refractivity contribution in [3.05, 3.63) is 35.4 Å². The summed E-state index contributed by atoms with van der Waals surface area (Å²) in [6.07, 6.45) is 3.27. The molecule has 0 bridgehead atoms. The number of hydrogen-bond acceptors (Lipinski definition) is 3. The number of nitrogens with two attached hydrogens (primary N) is 1. The lowest BCUT2D eigenvalue weighted by molar-refractivity contribution is 0.343. The van der Waals surface area contributed by atoms with E-state index < -0.39 is 0 Å². The van der Waals surface area contributed by atoms with E-state index in [-0.39, 0.29) is 6.61 Å². The van der Waals surface area contributed by atoms with Crippen LogP contribution in [0.5, 0.6) is 0 Å². The molecule has 1 aromatic carbocycles. The third-order valence-corrected chi connectivity index (χ3v) is 1.62. The molecule has 0 aromatic heterocycles.